The van der Waals surface area contributed by atoms with Gasteiger partial charge in [-0.3, -0.25) is 4.79 Å². The van der Waals surface area contributed by atoms with Crippen LogP contribution < -0.4 is 0 Å². The van der Waals surface area contributed by atoms with Gasteiger partial charge in [0.15, 0.2) is 0 Å². The van der Waals surface area contributed by atoms with E-state index in [-0.39, 0.29) is 29.2 Å². The van der Waals surface area contributed by atoms with E-state index in [2.05, 4.69) is 34.6 Å². The minimum absolute atomic E-state index is 0.00240. The molecule has 1 spiro atoms. The first-order valence-electron chi connectivity index (χ1n) is 14.0. The van der Waals surface area contributed by atoms with E-state index in [1.807, 2.05) is 0 Å². The van der Waals surface area contributed by atoms with Crippen molar-refractivity contribution in [2.45, 2.75) is 130 Å². The number of carbonyl (C=O) groups excluding carboxylic acids is 1. The molecule has 0 aromatic carbocycles. The molecule has 5 aliphatic rings. The standard InChI is InChI=1S/C29H48O3/c1-18(2)8-7-9-19(3)22-10-11-23-21-12-17-29-26(32-29)25(31-20(4)30)14-16-28(29,6)24(21)13-15-27(22,23)5/h18-19,21-26H,7-17H2,1-6H3/t19?,21?,22?,23?,24?,25?,26-,27?,28?,29-/m1/s1. The normalized spacial score (nSPS) is 50.1. The molecule has 1 saturated heterocycles. The highest BCUT2D eigenvalue weighted by molar-refractivity contribution is 5.66. The van der Waals surface area contributed by atoms with Gasteiger partial charge in [0, 0.05) is 12.3 Å². The van der Waals surface area contributed by atoms with Gasteiger partial charge in [0.2, 0.25) is 0 Å². The molecule has 0 aromatic heterocycles. The Morgan fingerprint density at radius 3 is 2.47 bits per heavy atom. The topological polar surface area (TPSA) is 38.8 Å². The summed E-state index contributed by atoms with van der Waals surface area (Å²) < 4.78 is 12.2. The van der Waals surface area contributed by atoms with Gasteiger partial charge in [-0.15, -0.1) is 0 Å². The van der Waals surface area contributed by atoms with Crippen LogP contribution in [-0.4, -0.2) is 23.8 Å². The molecule has 0 amide bonds. The van der Waals surface area contributed by atoms with Crippen molar-refractivity contribution in [3.63, 3.8) is 0 Å². The number of esters is 1. The van der Waals surface area contributed by atoms with E-state index >= 15 is 0 Å². The molecule has 0 bridgehead atoms. The number of carbonyl (C=O) groups is 1. The Morgan fingerprint density at radius 2 is 1.75 bits per heavy atom. The van der Waals surface area contributed by atoms with Crippen LogP contribution in [0.5, 0.6) is 0 Å². The molecule has 182 valence electrons. The van der Waals surface area contributed by atoms with E-state index in [1.165, 1.54) is 64.2 Å². The Kier molecular flexibility index (Phi) is 5.79. The molecule has 5 fully saturated rings. The maximum atomic E-state index is 11.6. The van der Waals surface area contributed by atoms with Crippen LogP contribution in [0.2, 0.25) is 0 Å². The molecule has 3 heteroatoms. The van der Waals surface area contributed by atoms with E-state index in [1.54, 1.807) is 6.92 Å². The van der Waals surface area contributed by atoms with E-state index < -0.39 is 0 Å². The second kappa shape index (κ2) is 7.99. The summed E-state index contributed by atoms with van der Waals surface area (Å²) in [6, 6.07) is 0. The number of rotatable bonds is 6. The van der Waals surface area contributed by atoms with Crippen molar-refractivity contribution in [2.24, 2.45) is 46.3 Å². The quantitative estimate of drug-likeness (QED) is 0.322. The Morgan fingerprint density at radius 1 is 0.969 bits per heavy atom. The maximum absolute atomic E-state index is 11.6. The molecule has 5 rings (SSSR count). The van der Waals surface area contributed by atoms with Gasteiger partial charge in [0.25, 0.3) is 0 Å². The lowest BCUT2D eigenvalue weighted by molar-refractivity contribution is -0.152. The van der Waals surface area contributed by atoms with Crippen LogP contribution in [0.4, 0.5) is 0 Å². The van der Waals surface area contributed by atoms with Gasteiger partial charge in [-0.1, -0.05) is 53.9 Å². The van der Waals surface area contributed by atoms with Gasteiger partial charge in [-0.2, -0.15) is 0 Å². The van der Waals surface area contributed by atoms with Crippen LogP contribution in [0, 0.1) is 46.3 Å². The largest absolute Gasteiger partial charge is 0.460 e. The van der Waals surface area contributed by atoms with Crippen molar-refractivity contribution < 1.29 is 14.3 Å². The second-order valence-corrected chi connectivity index (χ2v) is 13.5. The lowest BCUT2D eigenvalue weighted by Gasteiger charge is -2.60. The van der Waals surface area contributed by atoms with Gasteiger partial charge in [0.05, 0.1) is 0 Å². The van der Waals surface area contributed by atoms with Gasteiger partial charge < -0.3 is 9.47 Å². The zero-order valence-corrected chi connectivity index (χ0v) is 21.6. The SMILES string of the molecule is CC(=O)OC1CCC2(C)C3CCC4(C)C(C(C)CCCC(C)C)CCC4C3CC[C@]23O[C@H]13. The summed E-state index contributed by atoms with van der Waals surface area (Å²) in [5.41, 5.74) is 0.833. The maximum Gasteiger partial charge on any atom is 0.302 e. The molecule has 0 radical (unpaired) electrons. The molecule has 1 aliphatic heterocycles. The Balaban J connectivity index is 1.30. The Labute approximate surface area is 196 Å². The van der Waals surface area contributed by atoms with Gasteiger partial charge in [0.1, 0.15) is 17.8 Å². The highest BCUT2D eigenvalue weighted by Gasteiger charge is 2.76. The zero-order valence-electron chi connectivity index (χ0n) is 21.6. The van der Waals surface area contributed by atoms with Crippen LogP contribution >= 0.6 is 0 Å². The number of hydrogen-bond acceptors (Lipinski definition) is 3. The summed E-state index contributed by atoms with van der Waals surface area (Å²) in [4.78, 5) is 11.6. The summed E-state index contributed by atoms with van der Waals surface area (Å²) in [6.45, 7) is 14.1. The molecule has 0 aromatic rings. The molecule has 10 atom stereocenters. The van der Waals surface area contributed by atoms with E-state index in [0.29, 0.717) is 5.41 Å². The minimum Gasteiger partial charge on any atom is -0.460 e. The third-order valence-electron chi connectivity index (χ3n) is 11.6. The minimum atomic E-state index is -0.147. The van der Waals surface area contributed by atoms with Crippen LogP contribution in [0.1, 0.15) is 112 Å². The third kappa shape index (κ3) is 3.34. The van der Waals surface area contributed by atoms with Crippen molar-refractivity contribution in [2.75, 3.05) is 0 Å². The average Bonchev–Trinajstić information content (AvgIpc) is 3.36. The molecule has 4 saturated carbocycles. The lowest BCUT2D eigenvalue weighted by atomic mass is 9.44. The van der Waals surface area contributed by atoms with Crippen molar-refractivity contribution >= 4 is 5.97 Å². The van der Waals surface area contributed by atoms with E-state index in [0.717, 1.165) is 41.9 Å². The third-order valence-corrected chi connectivity index (χ3v) is 11.6. The van der Waals surface area contributed by atoms with E-state index in [4.69, 9.17) is 9.47 Å². The highest BCUT2D eigenvalue weighted by Crippen LogP contribution is 2.73. The predicted molar refractivity (Wildman–Crippen MR) is 128 cm³/mol. The molecule has 1 heterocycles. The molecule has 32 heavy (non-hydrogen) atoms. The number of epoxide rings is 1. The van der Waals surface area contributed by atoms with Crippen molar-refractivity contribution in [1.82, 2.24) is 0 Å². The van der Waals surface area contributed by atoms with E-state index in [9.17, 15) is 4.79 Å². The first kappa shape index (κ1) is 23.2. The number of fused-ring (bicyclic) bond motifs is 4. The highest BCUT2D eigenvalue weighted by atomic mass is 16.6. The van der Waals surface area contributed by atoms with Gasteiger partial charge in [-0.05, 0) is 92.3 Å². The van der Waals surface area contributed by atoms with Crippen LogP contribution in [-0.2, 0) is 14.3 Å². The average molecular weight is 445 g/mol. The van der Waals surface area contributed by atoms with Crippen molar-refractivity contribution in [3.05, 3.63) is 0 Å². The van der Waals surface area contributed by atoms with Crippen LogP contribution in [0.3, 0.4) is 0 Å². The first-order valence-corrected chi connectivity index (χ1v) is 14.0. The summed E-state index contributed by atoms with van der Waals surface area (Å²) in [5.74, 6) is 5.08. The van der Waals surface area contributed by atoms with Crippen molar-refractivity contribution in [1.29, 1.82) is 0 Å². The van der Waals surface area contributed by atoms with Crippen molar-refractivity contribution in [3.8, 4) is 0 Å². The fraction of sp³-hybridized carbons (Fsp3) is 0.966. The number of hydrogen-bond donors (Lipinski definition) is 0. The van der Waals surface area contributed by atoms with Crippen LogP contribution in [0.15, 0.2) is 0 Å². The molecular formula is C29H48O3. The zero-order chi connectivity index (χ0) is 22.9. The Hall–Kier alpha value is -0.570. The molecule has 3 nitrogen and oxygen atoms in total. The summed E-state index contributed by atoms with van der Waals surface area (Å²) in [5, 5.41) is 0. The lowest BCUT2D eigenvalue weighted by Crippen LogP contribution is -2.59. The summed E-state index contributed by atoms with van der Waals surface area (Å²) in [6.07, 6.45) is 14.8. The second-order valence-electron chi connectivity index (χ2n) is 13.5. The first-order chi connectivity index (χ1) is 15.1. The fourth-order valence-corrected chi connectivity index (χ4v) is 10.0. The molecule has 4 aliphatic carbocycles. The summed E-state index contributed by atoms with van der Waals surface area (Å²) in [7, 11) is 0. The fourth-order valence-electron chi connectivity index (χ4n) is 10.0. The number of ether oxygens (including phenoxy) is 2. The predicted octanol–water partition coefficient (Wildman–Crippen LogP) is 7.17. The Bertz CT molecular complexity index is 732. The molecule has 8 unspecified atom stereocenters. The van der Waals surface area contributed by atoms with Gasteiger partial charge >= 0.3 is 5.97 Å². The van der Waals surface area contributed by atoms with Crippen LogP contribution in [0.25, 0.3) is 0 Å². The summed E-state index contributed by atoms with van der Waals surface area (Å²) >= 11 is 0. The molecular weight excluding hydrogens is 396 g/mol. The monoisotopic (exact) mass is 444 g/mol. The van der Waals surface area contributed by atoms with Gasteiger partial charge in [-0.25, -0.2) is 0 Å². The molecule has 0 N–H and O–H groups in total. The smallest absolute Gasteiger partial charge is 0.302 e.